The number of methoxy groups -OCH3 is 2. The first-order chi connectivity index (χ1) is 38.2. The zero-order valence-electron chi connectivity index (χ0n) is 45.7. The summed E-state index contributed by atoms with van der Waals surface area (Å²) in [6.45, 7) is 6.88. The number of benzene rings is 2. The van der Waals surface area contributed by atoms with Crippen molar-refractivity contribution in [1.82, 2.24) is 55.0 Å². The van der Waals surface area contributed by atoms with Gasteiger partial charge >= 0.3 is 5.97 Å². The summed E-state index contributed by atoms with van der Waals surface area (Å²) in [7, 11) is 7.21. The molecule has 2 aliphatic rings. The van der Waals surface area contributed by atoms with Crippen LogP contribution < -0.4 is 20.5 Å². The second-order valence-corrected chi connectivity index (χ2v) is 20.3. The van der Waals surface area contributed by atoms with Gasteiger partial charge in [0.25, 0.3) is 11.8 Å². The minimum atomic E-state index is -0.664. The van der Waals surface area contributed by atoms with Crippen molar-refractivity contribution in [2.45, 2.75) is 90.1 Å². The van der Waals surface area contributed by atoms with E-state index in [0.29, 0.717) is 30.8 Å². The minimum Gasteiger partial charge on any atom is -0.496 e. The van der Waals surface area contributed by atoms with Crippen LogP contribution in [-0.4, -0.2) is 133 Å². The van der Waals surface area contributed by atoms with Crippen molar-refractivity contribution in [2.75, 3.05) is 54.5 Å². The highest BCUT2D eigenvalue weighted by atomic mass is 16.5. The van der Waals surface area contributed by atoms with E-state index in [1.807, 2.05) is 75.3 Å². The third-order valence-corrected chi connectivity index (χ3v) is 14.1. The molecule has 0 unspecified atom stereocenters. The number of carboxylic acids is 1. The van der Waals surface area contributed by atoms with Gasteiger partial charge in [0.05, 0.1) is 85.3 Å². The van der Waals surface area contributed by atoms with Crippen LogP contribution in [-0.2, 0) is 9.59 Å². The fourth-order valence-corrected chi connectivity index (χ4v) is 9.58. The normalized spacial score (nSPS) is 14.5. The smallest absolute Gasteiger partial charge is 0.309 e. The molecule has 21 nitrogen and oxygen atoms in total. The fraction of sp³-hybridized carbons (Fsp3) is 0.414. The number of aryl methyl sites for hydroxylation is 2. The number of carboxylic acid groups (broad SMARTS) is 1. The number of oxazole rings is 2. The summed E-state index contributed by atoms with van der Waals surface area (Å²) in [6.07, 6.45) is 16.6. The zero-order valence-corrected chi connectivity index (χ0v) is 45.7. The predicted molar refractivity (Wildman–Crippen MR) is 296 cm³/mol. The summed E-state index contributed by atoms with van der Waals surface area (Å²) < 4.78 is 21.4. The number of rotatable bonds is 23. The summed E-state index contributed by atoms with van der Waals surface area (Å²) in [4.78, 5) is 84.1. The van der Waals surface area contributed by atoms with E-state index in [1.54, 1.807) is 26.6 Å². The van der Waals surface area contributed by atoms with Crippen LogP contribution >= 0.6 is 0 Å². The first kappa shape index (κ1) is 57.0. The van der Waals surface area contributed by atoms with Crippen LogP contribution in [0.25, 0.3) is 44.3 Å². The van der Waals surface area contributed by atoms with E-state index in [2.05, 4.69) is 56.2 Å². The highest BCUT2D eigenvalue weighted by Gasteiger charge is 2.32. The van der Waals surface area contributed by atoms with Crippen molar-refractivity contribution in [3.63, 3.8) is 0 Å². The molecule has 0 saturated carbocycles. The van der Waals surface area contributed by atoms with Crippen LogP contribution in [0.3, 0.4) is 0 Å². The van der Waals surface area contributed by atoms with Gasteiger partial charge < -0.3 is 54.2 Å². The average Bonchev–Trinajstić information content (AvgIpc) is 4.30. The van der Waals surface area contributed by atoms with E-state index in [1.165, 1.54) is 24.9 Å². The van der Waals surface area contributed by atoms with E-state index < -0.39 is 5.97 Å². The molecule has 1 amide bonds. The lowest BCUT2D eigenvalue weighted by molar-refractivity contribution is -0.146. The van der Waals surface area contributed by atoms with E-state index in [0.717, 1.165) is 138 Å². The largest absolute Gasteiger partial charge is 0.496 e. The van der Waals surface area contributed by atoms with E-state index in [-0.39, 0.29) is 53.2 Å². The number of nitrogens with one attached hydrogen (secondary N) is 3. The summed E-state index contributed by atoms with van der Waals surface area (Å²) in [6, 6.07) is 15.6. The molecule has 2 fully saturated rings. The number of carbonyl (C=O) groups excluding carboxylic acids is 3. The van der Waals surface area contributed by atoms with Gasteiger partial charge in [0, 0.05) is 84.4 Å². The maximum Gasteiger partial charge on any atom is 0.309 e. The number of pyridine rings is 2. The minimum absolute atomic E-state index is 0.0121. The number of aromatic nitrogens is 8. The molecule has 2 aromatic carbocycles. The maximum atomic E-state index is 12.9. The number of hydrogen-bond acceptors (Lipinski definition) is 17. The molecule has 416 valence electrons. The van der Waals surface area contributed by atoms with Gasteiger partial charge in [-0.3, -0.25) is 29.1 Å². The lowest BCUT2D eigenvalue weighted by atomic mass is 9.98. The van der Waals surface area contributed by atoms with Crippen LogP contribution in [0.2, 0.25) is 0 Å². The van der Waals surface area contributed by atoms with Gasteiger partial charge in [0.1, 0.15) is 35.7 Å². The summed E-state index contributed by atoms with van der Waals surface area (Å²) >= 11 is 0. The van der Waals surface area contributed by atoms with Crippen LogP contribution in [0.15, 0.2) is 94.7 Å². The molecule has 21 heteroatoms. The number of Topliss-reactive ketones (excluding diaryl/α,β-unsaturated/α-hetero) is 2. The number of ether oxygens (including phenoxy) is 2. The van der Waals surface area contributed by atoms with Crippen molar-refractivity contribution in [3.05, 3.63) is 121 Å². The number of nitrogens with zero attached hydrogens (tertiary/aromatic N) is 8. The Hall–Kier alpha value is -8.14. The van der Waals surface area contributed by atoms with E-state index >= 15 is 0 Å². The van der Waals surface area contributed by atoms with Crippen molar-refractivity contribution in [2.24, 2.45) is 17.6 Å². The summed E-state index contributed by atoms with van der Waals surface area (Å²) in [5, 5.41) is 13.6. The number of amides is 1. The highest BCUT2D eigenvalue weighted by molar-refractivity contribution is 5.92. The number of unbranched alkanes of at least 4 members (excludes halogenated alkanes) is 4. The third-order valence-electron chi connectivity index (χ3n) is 14.1. The molecule has 2 atom stereocenters. The lowest BCUT2D eigenvalue weighted by Crippen LogP contribution is -2.52. The quantitative estimate of drug-likeness (QED) is 0.0295. The monoisotopic (exact) mass is 1080 g/mol. The Bertz CT molecular complexity index is 3310. The first-order valence-corrected chi connectivity index (χ1v) is 26.7. The number of fused-ring (bicyclic) bond motifs is 2. The fourth-order valence-electron chi connectivity index (χ4n) is 9.58. The molecule has 10 rings (SSSR count). The number of aromatic amines is 2. The number of imidazole rings is 2. The van der Waals surface area contributed by atoms with E-state index in [9.17, 15) is 19.2 Å². The van der Waals surface area contributed by atoms with E-state index in [4.69, 9.17) is 29.1 Å². The van der Waals surface area contributed by atoms with Crippen LogP contribution in [0.4, 0.5) is 0 Å². The first-order valence-electron chi connectivity index (χ1n) is 26.7. The molecular formula is C58H70N12O9. The molecule has 0 spiro atoms. The van der Waals surface area contributed by atoms with Gasteiger partial charge in [-0.1, -0.05) is 37.8 Å². The van der Waals surface area contributed by atoms with Crippen molar-refractivity contribution in [1.29, 1.82) is 0 Å². The van der Waals surface area contributed by atoms with Crippen LogP contribution in [0.5, 0.6) is 11.5 Å². The molecule has 6 aromatic heterocycles. The number of hydrogen-bond donors (Lipinski definition) is 5. The molecule has 0 aliphatic carbocycles. The van der Waals surface area contributed by atoms with Gasteiger partial charge in [-0.15, -0.1) is 0 Å². The Morgan fingerprint density at radius 3 is 1.61 bits per heavy atom. The standard InChI is InChI=1S/C29H34N6O4.C24H27N5O3.C5H9NO2/c1-18-9-10-19-13-21(26(38-3)14-23(19)32-18)24-15-31-27(33-24)22(34-28(37)20-16-35(2)17-20)7-5-4-6-8-25(36)29-30-11-12-39-29;1-15-8-9-16-12-17(22(31-2)13-19(16)28-15)20-14-27-23(29-20)18(25)6-4-3-5-7-21(30)24-26-10-11-32-24;1-6-2-4(3-6)5(7)8/h9-15,20,22H,4-8,16-17H2,1-3H3,(H,31,33)(H,34,37);8-14,18H,3-7,25H2,1-2H3,(H,27,29);4H,2-3H2,1H3,(H,7,8)/t22-;18-;/m00./s1. The number of likely N-dealkylation sites (tertiary alicyclic amines) is 2. The Morgan fingerprint density at radius 2 is 1.15 bits per heavy atom. The van der Waals surface area contributed by atoms with Gasteiger partial charge in [-0.05, 0) is 77.9 Å². The molecule has 79 heavy (non-hydrogen) atoms. The van der Waals surface area contributed by atoms with Crippen LogP contribution in [0, 0.1) is 25.7 Å². The molecular weight excluding hydrogens is 1010 g/mol. The van der Waals surface area contributed by atoms with Crippen molar-refractivity contribution in [3.8, 4) is 34.0 Å². The van der Waals surface area contributed by atoms with Gasteiger partial charge in [-0.25, -0.2) is 19.9 Å². The second kappa shape index (κ2) is 27.0. The number of H-pyrrole nitrogens is 2. The molecule has 2 saturated heterocycles. The average molecular weight is 1080 g/mol. The Kier molecular flexibility index (Phi) is 19.5. The Labute approximate surface area is 458 Å². The molecule has 8 aromatic rings. The molecule has 8 heterocycles. The summed E-state index contributed by atoms with van der Waals surface area (Å²) in [5.74, 6) is 2.31. The van der Waals surface area contributed by atoms with Gasteiger partial charge in [0.15, 0.2) is 0 Å². The predicted octanol–water partition coefficient (Wildman–Crippen LogP) is 8.88. The lowest BCUT2D eigenvalue weighted by Gasteiger charge is -2.35. The third kappa shape index (κ3) is 15.1. The van der Waals surface area contributed by atoms with Gasteiger partial charge in [0.2, 0.25) is 17.5 Å². The maximum absolute atomic E-state index is 12.9. The number of ketones is 2. The number of nitrogens with two attached hydrogens (primary N) is 1. The number of aliphatic carboxylic acids is 1. The Morgan fingerprint density at radius 1 is 0.671 bits per heavy atom. The second-order valence-electron chi connectivity index (χ2n) is 20.3. The molecule has 0 radical (unpaired) electrons. The zero-order chi connectivity index (χ0) is 56.0. The molecule has 2 aliphatic heterocycles. The molecule has 0 bridgehead atoms. The molecule has 6 N–H and O–H groups in total. The van der Waals surface area contributed by atoms with Crippen molar-refractivity contribution >= 4 is 45.2 Å². The Balaban J connectivity index is 0.000000185. The SMILES string of the molecule is CN1CC(C(=O)O)C1.COc1cc2nc(C)ccc2cc1-c1cnc([C@@H](N)CCCCCC(=O)c2ncco2)[nH]1.COc1cc2nc(C)ccc2cc1-c1cnc([C@H](CCCCCC(=O)c2ncco2)NC(=O)C2CN(C)C2)[nH]1. The number of carbonyl (C=O) groups is 4. The summed E-state index contributed by atoms with van der Waals surface area (Å²) in [5.41, 5.74) is 13.5. The highest BCUT2D eigenvalue weighted by Crippen LogP contribution is 2.35. The van der Waals surface area contributed by atoms with Crippen molar-refractivity contribution < 1.29 is 42.6 Å². The topological polar surface area (TPSA) is 287 Å². The van der Waals surface area contributed by atoms with Crippen LogP contribution in [0.1, 0.15) is 121 Å². The van der Waals surface area contributed by atoms with Gasteiger partial charge in [-0.2, -0.15) is 0 Å².